The maximum Gasteiger partial charge on any atom is 0.261 e. The summed E-state index contributed by atoms with van der Waals surface area (Å²) in [6, 6.07) is 8.21. The molecule has 4 aliphatic rings. The molecule has 12 heterocycles. The highest BCUT2D eigenvalue weighted by atomic mass is 79.9. The average molecular weight is 1230 g/mol. The molecule has 31 heteroatoms. The summed E-state index contributed by atoms with van der Waals surface area (Å²) in [5, 5.41) is 96.6. The number of anilines is 3. The van der Waals surface area contributed by atoms with Gasteiger partial charge in [0.2, 0.25) is 0 Å². The Morgan fingerprint density at radius 1 is 0.529 bits per heavy atom. The molecule has 4 saturated heterocycles. The molecule has 30 nitrogen and oxygen atoms in total. The quantitative estimate of drug-likeness (QED) is 0.104. The lowest BCUT2D eigenvalue weighted by molar-refractivity contribution is -0.0508. The van der Waals surface area contributed by atoms with Crippen LogP contribution in [0, 0.1) is 69.0 Å². The van der Waals surface area contributed by atoms with Crippen molar-refractivity contribution in [3.63, 3.8) is 0 Å². The summed E-state index contributed by atoms with van der Waals surface area (Å²) in [4.78, 5) is 42.7. The zero-order valence-electron chi connectivity index (χ0n) is 46.7. The number of aliphatic hydroxyl groups excluding tert-OH is 6. The largest absolute Gasteiger partial charge is 0.394 e. The molecule has 13 N–H and O–H groups in total. The van der Waals surface area contributed by atoms with Crippen LogP contribution in [0.15, 0.2) is 53.3 Å². The van der Waals surface area contributed by atoms with Crippen molar-refractivity contribution < 1.29 is 49.6 Å². The van der Waals surface area contributed by atoms with Crippen molar-refractivity contribution in [1.82, 2.24) is 58.1 Å². The summed E-state index contributed by atoms with van der Waals surface area (Å²) in [6.07, 6.45) is 2.89. The van der Waals surface area contributed by atoms with E-state index in [4.69, 9.17) is 56.9 Å². The van der Waals surface area contributed by atoms with Gasteiger partial charge in [-0.25, -0.2) is 34.9 Å². The third kappa shape index (κ3) is 10.7. The topological polar surface area (TPSA) is 474 Å². The first-order valence-corrected chi connectivity index (χ1v) is 27.8. The molecule has 0 radical (unpaired) electrons. The van der Waals surface area contributed by atoms with Gasteiger partial charge in [0.15, 0.2) is 18.1 Å². The summed E-state index contributed by atoms with van der Waals surface area (Å²) < 4.78 is 30.5. The summed E-state index contributed by atoms with van der Waals surface area (Å²) in [5.74, 6) is 2.33. The van der Waals surface area contributed by atoms with E-state index in [1.54, 1.807) is 6.20 Å². The highest BCUT2D eigenvalue weighted by molar-refractivity contribution is 9.10. The second-order valence-electron chi connectivity index (χ2n) is 21.0. The van der Waals surface area contributed by atoms with Crippen LogP contribution in [-0.4, -0.2) is 151 Å². The Labute approximate surface area is 492 Å². The van der Waals surface area contributed by atoms with E-state index in [-0.39, 0.29) is 52.6 Å². The fourth-order valence-electron chi connectivity index (χ4n) is 11.4. The van der Waals surface area contributed by atoms with Gasteiger partial charge in [0, 0.05) is 30.4 Å². The van der Waals surface area contributed by atoms with Crippen LogP contribution in [0.3, 0.4) is 0 Å². The SMILES string of the molecule is CC[C@H]1O[C@@H](n2c(Br)c(C#N)c3c(N)ncnc32)C(C)C1C.CC[C@H]1O[C@@H](n2cc(C#N)c3c(N)ncnc32)C(C)C1C.N#Cc1cn([C@@H]2O[C@H](CO)C(O)C2O)c2nc[nH]c(=O)c12.N#Cc1cn([C@@H]2O[C@H](CO)C(O)C2O)c2ncnc(N)c12. The molecule has 0 bridgehead atoms. The van der Waals surface area contributed by atoms with E-state index in [9.17, 15) is 35.7 Å². The lowest BCUT2D eigenvalue weighted by Gasteiger charge is -2.20. The molecule has 4 aliphatic heterocycles. The van der Waals surface area contributed by atoms with Gasteiger partial charge < -0.3 is 85.5 Å². The van der Waals surface area contributed by atoms with Gasteiger partial charge in [-0.1, -0.05) is 41.5 Å². The van der Waals surface area contributed by atoms with Crippen molar-refractivity contribution in [3.8, 4) is 24.3 Å². The van der Waals surface area contributed by atoms with Crippen LogP contribution < -0.4 is 22.8 Å². The highest BCUT2D eigenvalue weighted by Gasteiger charge is 2.46. The Hall–Kier alpha value is -8.28. The standard InChI is InChI=1S/C15H18BrN5O.C15H19N5O.C12H13N5O4.C12H12N4O5/c1-4-10-7(2)8(3)15(22-10)21-12(16)9(5-17)11-13(18)19-6-20-14(11)21;1-4-11-8(2)9(3)15(21-11)20-6-10(5-16)12-13(17)18-7-19-14(12)20;13-1-5-2-17(11-7(5)10(14)15-4-16-11)12-9(20)8(19)6(3-18)21-12;13-1-5-2-16(10-7(5)11(20)15-4-14-10)12-9(19)8(18)6(3-17)21-12/h6-8,10,15H,4H2,1-3H3,(H2,18,19,20);6-9,11,15H,4H2,1-3H3,(H2,17,18,19);2,4,6,8-9,12,18-20H,3H2,(H2,14,15,16);2,4,6,8-9,12,17-19H,3H2,(H,14,15,20)/t7?,8?,10-,15-;8?,9?,11-,15-;2*6-,8?,9?,12-/m1111/s1. The maximum absolute atomic E-state index is 11.8. The van der Waals surface area contributed by atoms with E-state index < -0.39 is 67.9 Å². The number of nitrogens with zero attached hydrogens (tertiary/aromatic N) is 15. The zero-order chi connectivity index (χ0) is 61.5. The number of aliphatic hydroxyl groups is 6. The third-order valence-corrected chi connectivity index (χ3v) is 17.2. The van der Waals surface area contributed by atoms with E-state index in [0.717, 1.165) is 12.8 Å². The smallest absolute Gasteiger partial charge is 0.261 e. The molecule has 0 aromatic carbocycles. The number of aromatic nitrogens is 12. The van der Waals surface area contributed by atoms with Gasteiger partial charge in [0.05, 0.1) is 70.2 Å². The van der Waals surface area contributed by atoms with Crippen LogP contribution in [0.25, 0.3) is 44.1 Å². The van der Waals surface area contributed by atoms with Crippen LogP contribution in [0.2, 0.25) is 0 Å². The predicted molar refractivity (Wildman–Crippen MR) is 304 cm³/mol. The second kappa shape index (κ2) is 25.1. The Kier molecular flexibility index (Phi) is 18.1. The van der Waals surface area contributed by atoms with Crippen LogP contribution in [0.1, 0.15) is 102 Å². The minimum absolute atomic E-state index is 0.0806. The van der Waals surface area contributed by atoms with Crippen molar-refractivity contribution >= 4 is 77.5 Å². The molecule has 16 atom stereocenters. The van der Waals surface area contributed by atoms with Crippen molar-refractivity contribution in [1.29, 1.82) is 21.0 Å². The summed E-state index contributed by atoms with van der Waals surface area (Å²) >= 11 is 3.53. The second-order valence-corrected chi connectivity index (χ2v) is 21.7. The first-order valence-electron chi connectivity index (χ1n) is 27.0. The van der Waals surface area contributed by atoms with Gasteiger partial charge in [-0.3, -0.25) is 9.36 Å². The molecule has 8 unspecified atom stereocenters. The van der Waals surface area contributed by atoms with Gasteiger partial charge >= 0.3 is 0 Å². The average Bonchev–Trinajstić information content (AvgIpc) is 2.23. The Morgan fingerprint density at radius 3 is 1.33 bits per heavy atom. The molecular weight excluding hydrogens is 1170 g/mol. The van der Waals surface area contributed by atoms with E-state index >= 15 is 0 Å². The van der Waals surface area contributed by atoms with Crippen molar-refractivity contribution in [2.24, 2.45) is 23.7 Å². The fourth-order valence-corrected chi connectivity index (χ4v) is 12.1. The number of rotatable bonds is 8. The van der Waals surface area contributed by atoms with Gasteiger partial charge in [0.25, 0.3) is 5.56 Å². The number of ether oxygens (including phenoxy) is 4. The van der Waals surface area contributed by atoms with Crippen molar-refractivity contribution in [3.05, 3.63) is 81.1 Å². The minimum Gasteiger partial charge on any atom is -0.394 e. The molecule has 0 spiro atoms. The third-order valence-electron chi connectivity index (χ3n) is 16.4. The molecule has 446 valence electrons. The number of nitrogens with two attached hydrogens (primary N) is 3. The van der Waals surface area contributed by atoms with Gasteiger partial charge in [-0.05, 0) is 40.6 Å². The first-order chi connectivity index (χ1) is 40.7. The normalized spacial score (nSPS) is 28.7. The van der Waals surface area contributed by atoms with Crippen LogP contribution in [0.4, 0.5) is 17.5 Å². The zero-order valence-corrected chi connectivity index (χ0v) is 48.2. The number of hydrogen-bond acceptors (Lipinski definition) is 25. The lowest BCUT2D eigenvalue weighted by Crippen LogP contribution is -2.33. The number of halogens is 1. The molecule has 12 rings (SSSR count). The molecule has 4 fully saturated rings. The fraction of sp³-hybridized carbons (Fsp3) is 0.481. The number of hydrogen-bond donors (Lipinski definition) is 10. The van der Waals surface area contributed by atoms with Gasteiger partial charge in [0.1, 0.15) is 137 Å². The molecule has 0 saturated carbocycles. The summed E-state index contributed by atoms with van der Waals surface area (Å²) in [5.41, 5.74) is 20.2. The van der Waals surface area contributed by atoms with Crippen LogP contribution in [0.5, 0.6) is 0 Å². The monoisotopic (exact) mass is 1230 g/mol. The summed E-state index contributed by atoms with van der Waals surface area (Å²) in [7, 11) is 0. The predicted octanol–water partition coefficient (Wildman–Crippen LogP) is 2.40. The molecule has 0 amide bonds. The lowest BCUT2D eigenvalue weighted by atomic mass is 9.91. The molecular formula is C54H62BrN19O11. The maximum atomic E-state index is 11.8. The van der Waals surface area contributed by atoms with Crippen LogP contribution in [-0.2, 0) is 18.9 Å². The van der Waals surface area contributed by atoms with E-state index in [1.807, 2.05) is 21.3 Å². The Morgan fingerprint density at radius 2 is 0.918 bits per heavy atom. The van der Waals surface area contributed by atoms with Crippen LogP contribution >= 0.6 is 15.9 Å². The number of aromatic amines is 1. The van der Waals surface area contributed by atoms with Gasteiger partial charge in [-0.15, -0.1) is 0 Å². The minimum atomic E-state index is -1.31. The van der Waals surface area contributed by atoms with E-state index in [2.05, 4.69) is 109 Å². The highest BCUT2D eigenvalue weighted by Crippen LogP contribution is 2.46. The number of nitrogen functional groups attached to an aromatic ring is 3. The van der Waals surface area contributed by atoms with Crippen molar-refractivity contribution in [2.75, 3.05) is 30.4 Å². The molecule has 8 aromatic heterocycles. The van der Waals surface area contributed by atoms with E-state index in [1.165, 1.54) is 46.8 Å². The Bertz CT molecular complexity index is 3880. The van der Waals surface area contributed by atoms with Crippen molar-refractivity contribution in [2.45, 2.75) is 128 Å². The number of nitrogens with one attached hydrogen (secondary N) is 1. The van der Waals surface area contributed by atoms with E-state index in [0.29, 0.717) is 84.1 Å². The van der Waals surface area contributed by atoms with Gasteiger partial charge in [-0.2, -0.15) is 21.0 Å². The first kappa shape index (κ1) is 61.3. The number of nitriles is 4. The Balaban J connectivity index is 0.000000136. The number of fused-ring (bicyclic) bond motifs is 4. The molecule has 0 aliphatic carbocycles. The number of H-pyrrole nitrogens is 1. The summed E-state index contributed by atoms with van der Waals surface area (Å²) in [6.45, 7) is 12.1. The molecule has 85 heavy (non-hydrogen) atoms. The molecule has 8 aromatic rings.